The number of carboxylic acid groups (broad SMARTS) is 1. The number of aryl methyl sites for hydroxylation is 2. The Morgan fingerprint density at radius 1 is 1.40 bits per heavy atom. The summed E-state index contributed by atoms with van der Waals surface area (Å²) in [5.41, 5.74) is 3.07. The Morgan fingerprint density at radius 3 is 2.85 bits per heavy atom. The first-order chi connectivity index (χ1) is 9.49. The van der Waals surface area contributed by atoms with Gasteiger partial charge in [-0.15, -0.1) is 0 Å². The van der Waals surface area contributed by atoms with E-state index >= 15 is 0 Å². The Bertz CT molecular complexity index is 830. The summed E-state index contributed by atoms with van der Waals surface area (Å²) in [4.78, 5) is 14.5. The quantitative estimate of drug-likeness (QED) is 0.666. The fraction of sp³-hybridized carbons (Fsp3) is 0.143. The van der Waals surface area contributed by atoms with E-state index in [0.29, 0.717) is 5.69 Å². The molecule has 0 unspecified atom stereocenters. The number of benzene rings is 1. The molecule has 0 aliphatic heterocycles. The Hall–Kier alpha value is -2.76. The van der Waals surface area contributed by atoms with Gasteiger partial charge < -0.3 is 15.2 Å². The number of phenols is 1. The van der Waals surface area contributed by atoms with Gasteiger partial charge in [-0.3, -0.25) is 4.68 Å². The number of phenolic OH excluding ortho intramolecular Hbond substituents is 1. The molecule has 0 amide bonds. The third kappa shape index (κ3) is 1.65. The molecular weight excluding hydrogens is 258 g/mol. The lowest BCUT2D eigenvalue weighted by Gasteiger charge is -2.05. The summed E-state index contributed by atoms with van der Waals surface area (Å²) in [6, 6.07) is 4.97. The molecule has 0 aliphatic rings. The van der Waals surface area contributed by atoms with Gasteiger partial charge in [-0.25, -0.2) is 4.79 Å². The smallest absolute Gasteiger partial charge is 0.339 e. The van der Waals surface area contributed by atoms with E-state index in [9.17, 15) is 15.0 Å². The molecule has 6 heteroatoms. The van der Waals surface area contributed by atoms with Crippen LogP contribution in [-0.4, -0.2) is 30.9 Å². The van der Waals surface area contributed by atoms with Crippen molar-refractivity contribution in [3.8, 4) is 17.0 Å². The summed E-state index contributed by atoms with van der Waals surface area (Å²) in [5, 5.41) is 23.7. The van der Waals surface area contributed by atoms with Crippen LogP contribution in [0.4, 0.5) is 0 Å². The van der Waals surface area contributed by atoms with E-state index in [-0.39, 0.29) is 11.3 Å². The molecule has 102 valence electrons. The van der Waals surface area contributed by atoms with Crippen molar-refractivity contribution in [3.05, 3.63) is 35.7 Å². The molecule has 3 rings (SSSR count). The van der Waals surface area contributed by atoms with Crippen LogP contribution in [0, 0.1) is 6.92 Å². The summed E-state index contributed by atoms with van der Waals surface area (Å²) >= 11 is 0. The van der Waals surface area contributed by atoms with Crippen molar-refractivity contribution in [1.82, 2.24) is 14.8 Å². The Labute approximate surface area is 114 Å². The van der Waals surface area contributed by atoms with Crippen LogP contribution in [0.1, 0.15) is 16.1 Å². The molecule has 0 fully saturated rings. The van der Waals surface area contributed by atoms with E-state index < -0.39 is 5.97 Å². The van der Waals surface area contributed by atoms with Crippen LogP contribution in [0.3, 0.4) is 0 Å². The van der Waals surface area contributed by atoms with Crippen LogP contribution in [-0.2, 0) is 7.05 Å². The molecule has 3 N–H and O–H groups in total. The van der Waals surface area contributed by atoms with Crippen LogP contribution in [0.25, 0.3) is 22.2 Å². The van der Waals surface area contributed by atoms with Gasteiger partial charge >= 0.3 is 5.97 Å². The molecule has 0 aliphatic carbocycles. The van der Waals surface area contributed by atoms with Crippen LogP contribution in [0.2, 0.25) is 0 Å². The maximum Gasteiger partial charge on any atom is 0.339 e. The molecule has 0 radical (unpaired) electrons. The average molecular weight is 271 g/mol. The first-order valence-corrected chi connectivity index (χ1v) is 6.06. The number of hydrogen-bond acceptors (Lipinski definition) is 3. The lowest BCUT2D eigenvalue weighted by atomic mass is 10.0. The highest BCUT2D eigenvalue weighted by Crippen LogP contribution is 2.35. The topological polar surface area (TPSA) is 91.1 Å². The van der Waals surface area contributed by atoms with E-state index in [2.05, 4.69) is 10.1 Å². The standard InChI is InChI=1S/C14H13N3O3/c1-7-12(9-5-8(18)3-4-11(9)16-7)13-10(14(19)20)6-15-17(13)2/h3-6,16,18H,1-2H3,(H,19,20). The number of fused-ring (bicyclic) bond motifs is 1. The number of H-pyrrole nitrogens is 1. The van der Waals surface area contributed by atoms with Crippen LogP contribution in [0.15, 0.2) is 24.4 Å². The van der Waals surface area contributed by atoms with Crippen molar-refractivity contribution in [2.75, 3.05) is 0 Å². The van der Waals surface area contributed by atoms with Crippen molar-refractivity contribution in [2.45, 2.75) is 6.92 Å². The van der Waals surface area contributed by atoms with Gasteiger partial charge in [-0.05, 0) is 25.1 Å². The van der Waals surface area contributed by atoms with Crippen LogP contribution >= 0.6 is 0 Å². The summed E-state index contributed by atoms with van der Waals surface area (Å²) < 4.78 is 1.53. The number of aromatic amines is 1. The highest BCUT2D eigenvalue weighted by molar-refractivity contribution is 6.03. The number of carboxylic acids is 1. The number of nitrogens with zero attached hydrogens (tertiary/aromatic N) is 2. The molecule has 0 saturated carbocycles. The van der Waals surface area contributed by atoms with E-state index in [0.717, 1.165) is 22.2 Å². The third-order valence-corrected chi connectivity index (χ3v) is 3.38. The number of carbonyl (C=O) groups is 1. The molecule has 20 heavy (non-hydrogen) atoms. The molecule has 0 spiro atoms. The maximum absolute atomic E-state index is 11.3. The van der Waals surface area contributed by atoms with Gasteiger partial charge in [0.25, 0.3) is 0 Å². The minimum Gasteiger partial charge on any atom is -0.508 e. The SMILES string of the molecule is Cc1[nH]c2ccc(O)cc2c1-c1c(C(=O)O)cnn1C. The monoisotopic (exact) mass is 271 g/mol. The summed E-state index contributed by atoms with van der Waals surface area (Å²) in [6.45, 7) is 1.87. The van der Waals surface area contributed by atoms with Gasteiger partial charge in [0.05, 0.1) is 11.9 Å². The van der Waals surface area contributed by atoms with Gasteiger partial charge in [0, 0.05) is 29.2 Å². The number of aromatic hydroxyl groups is 1. The van der Waals surface area contributed by atoms with Crippen molar-refractivity contribution in [1.29, 1.82) is 0 Å². The number of nitrogens with one attached hydrogen (secondary N) is 1. The largest absolute Gasteiger partial charge is 0.508 e. The number of hydrogen-bond donors (Lipinski definition) is 3. The van der Waals surface area contributed by atoms with Gasteiger partial charge in [-0.2, -0.15) is 5.10 Å². The normalized spacial score (nSPS) is 11.1. The van der Waals surface area contributed by atoms with Crippen LogP contribution < -0.4 is 0 Å². The van der Waals surface area contributed by atoms with E-state index in [1.807, 2.05) is 6.92 Å². The van der Waals surface area contributed by atoms with Gasteiger partial charge in [0.15, 0.2) is 0 Å². The second-order valence-electron chi connectivity index (χ2n) is 4.69. The van der Waals surface area contributed by atoms with E-state index in [1.165, 1.54) is 10.9 Å². The Morgan fingerprint density at radius 2 is 2.15 bits per heavy atom. The maximum atomic E-state index is 11.3. The number of aromatic nitrogens is 3. The van der Waals surface area contributed by atoms with Gasteiger partial charge in [-0.1, -0.05) is 0 Å². The molecule has 0 atom stereocenters. The minimum absolute atomic E-state index is 0.136. The highest BCUT2D eigenvalue weighted by Gasteiger charge is 2.21. The first-order valence-electron chi connectivity index (χ1n) is 6.06. The molecular formula is C14H13N3O3. The molecule has 6 nitrogen and oxygen atoms in total. The van der Waals surface area contributed by atoms with Crippen molar-refractivity contribution in [2.24, 2.45) is 7.05 Å². The third-order valence-electron chi connectivity index (χ3n) is 3.38. The predicted octanol–water partition coefficient (Wildman–Crippen LogP) is 2.28. The summed E-state index contributed by atoms with van der Waals surface area (Å²) in [7, 11) is 1.70. The fourth-order valence-electron chi connectivity index (χ4n) is 2.51. The average Bonchev–Trinajstić information content (AvgIpc) is 2.89. The zero-order valence-corrected chi connectivity index (χ0v) is 11.0. The van der Waals surface area contributed by atoms with E-state index in [1.54, 1.807) is 25.2 Å². The van der Waals surface area contributed by atoms with Crippen molar-refractivity contribution >= 4 is 16.9 Å². The fourth-order valence-corrected chi connectivity index (χ4v) is 2.51. The summed E-state index contributed by atoms with van der Waals surface area (Å²) in [5.74, 6) is -0.890. The number of rotatable bonds is 2. The van der Waals surface area contributed by atoms with Crippen molar-refractivity contribution < 1.29 is 15.0 Å². The minimum atomic E-state index is -1.03. The lowest BCUT2D eigenvalue weighted by Crippen LogP contribution is -2.01. The summed E-state index contributed by atoms with van der Waals surface area (Å²) in [6.07, 6.45) is 1.33. The molecule has 2 aromatic heterocycles. The van der Waals surface area contributed by atoms with E-state index in [4.69, 9.17) is 0 Å². The lowest BCUT2D eigenvalue weighted by molar-refractivity contribution is 0.0697. The zero-order chi connectivity index (χ0) is 14.4. The Kier molecular flexibility index (Phi) is 2.53. The van der Waals surface area contributed by atoms with Crippen molar-refractivity contribution in [3.63, 3.8) is 0 Å². The zero-order valence-electron chi connectivity index (χ0n) is 11.0. The second kappa shape index (κ2) is 4.12. The molecule has 1 aromatic carbocycles. The molecule has 0 bridgehead atoms. The second-order valence-corrected chi connectivity index (χ2v) is 4.69. The van der Waals surface area contributed by atoms with Crippen LogP contribution in [0.5, 0.6) is 5.75 Å². The number of aromatic carboxylic acids is 1. The Balaban J connectivity index is 2.40. The first kappa shape index (κ1) is 12.3. The molecule has 0 saturated heterocycles. The molecule has 3 aromatic rings. The van der Waals surface area contributed by atoms with Gasteiger partial charge in [0.2, 0.25) is 0 Å². The molecule has 2 heterocycles. The highest BCUT2D eigenvalue weighted by atomic mass is 16.4. The predicted molar refractivity (Wildman–Crippen MR) is 73.9 cm³/mol. The van der Waals surface area contributed by atoms with Gasteiger partial charge in [0.1, 0.15) is 11.3 Å².